The second-order valence-corrected chi connectivity index (χ2v) is 11.1. The van der Waals surface area contributed by atoms with Crippen molar-refractivity contribution in [1.82, 2.24) is 0 Å². The number of hydrogen-bond acceptors (Lipinski definition) is 6. The third kappa shape index (κ3) is 9.05. The van der Waals surface area contributed by atoms with Crippen LogP contribution < -0.4 is 9.80 Å². The van der Waals surface area contributed by atoms with E-state index in [1.807, 2.05) is 97.1 Å². The first kappa shape index (κ1) is 40.9. The summed E-state index contributed by atoms with van der Waals surface area (Å²) in [5.41, 5.74) is 11.4. The van der Waals surface area contributed by atoms with Crippen LogP contribution >= 0.6 is 0 Å². The summed E-state index contributed by atoms with van der Waals surface area (Å²) in [5.74, 6) is 0. The van der Waals surface area contributed by atoms with Gasteiger partial charge in [0.2, 0.25) is 0 Å². The van der Waals surface area contributed by atoms with Gasteiger partial charge in [-0.1, -0.05) is 103 Å². The summed E-state index contributed by atoms with van der Waals surface area (Å²) in [5, 5.41) is 38.2. The predicted octanol–water partition coefficient (Wildman–Crippen LogP) is 10.8. The van der Waals surface area contributed by atoms with Crippen molar-refractivity contribution in [1.29, 1.82) is 0 Å². The van der Waals surface area contributed by atoms with Crippen molar-refractivity contribution < 1.29 is 20.4 Å². The molecule has 6 aromatic carbocycles. The molecule has 4 N–H and O–H groups in total. The first-order chi connectivity index (χ1) is 22.6. The molecule has 0 aliphatic heterocycles. The Morgan fingerprint density at radius 3 is 0.580 bits per heavy atom. The summed E-state index contributed by atoms with van der Waals surface area (Å²) in [6.45, 7) is -0.0448. The summed E-state index contributed by atoms with van der Waals surface area (Å²) in [4.78, 5) is 4.30. The SMILES string of the molecule is C.C.C.C.OCc1ccc(N(c2ccc(CO)cc2)c2ccc(-c3ccc(N(c4ccc(CO)cc4)c4ccc(CO)cc4)cc3)cc2)cc1. The highest BCUT2D eigenvalue weighted by atomic mass is 16.3. The fraction of sp³-hybridized carbons (Fsp3) is 0.182. The van der Waals surface area contributed by atoms with Crippen LogP contribution in [0.25, 0.3) is 11.1 Å². The van der Waals surface area contributed by atoms with Gasteiger partial charge in [0, 0.05) is 34.1 Å². The first-order valence-electron chi connectivity index (χ1n) is 15.2. The van der Waals surface area contributed by atoms with E-state index in [1.54, 1.807) is 0 Å². The Balaban J connectivity index is 0.00000217. The quantitative estimate of drug-likeness (QED) is 0.110. The molecular formula is C44H52N2O4. The molecule has 0 aromatic heterocycles. The maximum Gasteiger partial charge on any atom is 0.0681 e. The molecule has 50 heavy (non-hydrogen) atoms. The van der Waals surface area contributed by atoms with E-state index in [9.17, 15) is 20.4 Å². The van der Waals surface area contributed by atoms with Gasteiger partial charge in [0.15, 0.2) is 0 Å². The van der Waals surface area contributed by atoms with E-state index in [0.717, 1.165) is 67.5 Å². The molecule has 6 nitrogen and oxygen atoms in total. The van der Waals surface area contributed by atoms with Crippen molar-refractivity contribution >= 4 is 34.1 Å². The van der Waals surface area contributed by atoms with Gasteiger partial charge in [0.25, 0.3) is 0 Å². The molecule has 0 aliphatic carbocycles. The minimum Gasteiger partial charge on any atom is -0.392 e. The second kappa shape index (κ2) is 19.1. The van der Waals surface area contributed by atoms with Crippen molar-refractivity contribution in [3.05, 3.63) is 168 Å². The fourth-order valence-electron chi connectivity index (χ4n) is 5.50. The van der Waals surface area contributed by atoms with Gasteiger partial charge in [0.05, 0.1) is 26.4 Å². The molecule has 6 heteroatoms. The second-order valence-electron chi connectivity index (χ2n) is 11.1. The molecule has 0 saturated carbocycles. The molecule has 6 aromatic rings. The Morgan fingerprint density at radius 2 is 0.420 bits per heavy atom. The lowest BCUT2D eigenvalue weighted by Crippen LogP contribution is -2.10. The first-order valence-corrected chi connectivity index (χ1v) is 15.2. The van der Waals surface area contributed by atoms with Crippen LogP contribution in [0.5, 0.6) is 0 Å². The number of benzene rings is 6. The largest absolute Gasteiger partial charge is 0.392 e. The van der Waals surface area contributed by atoms with Gasteiger partial charge in [-0.05, 0) is 106 Å². The third-order valence-electron chi connectivity index (χ3n) is 8.09. The average Bonchev–Trinajstić information content (AvgIpc) is 3.13. The highest BCUT2D eigenvalue weighted by Crippen LogP contribution is 2.38. The minimum atomic E-state index is -0.0112. The third-order valence-corrected chi connectivity index (χ3v) is 8.09. The van der Waals surface area contributed by atoms with Crippen molar-refractivity contribution in [2.24, 2.45) is 0 Å². The normalized spacial score (nSPS) is 10.1. The number of aliphatic hydroxyl groups is 4. The summed E-state index contributed by atoms with van der Waals surface area (Å²) in [6.07, 6.45) is 0. The zero-order valence-corrected chi connectivity index (χ0v) is 25.4. The van der Waals surface area contributed by atoms with Gasteiger partial charge < -0.3 is 30.2 Å². The van der Waals surface area contributed by atoms with Gasteiger partial charge >= 0.3 is 0 Å². The highest BCUT2D eigenvalue weighted by molar-refractivity contribution is 5.81. The number of nitrogens with zero attached hydrogens (tertiary/aromatic N) is 2. The molecule has 6 rings (SSSR count). The molecule has 0 radical (unpaired) electrons. The average molecular weight is 673 g/mol. The fourth-order valence-corrected chi connectivity index (χ4v) is 5.50. The summed E-state index contributed by atoms with van der Waals surface area (Å²) >= 11 is 0. The van der Waals surface area contributed by atoms with E-state index in [0.29, 0.717) is 0 Å². The molecule has 0 atom stereocenters. The van der Waals surface area contributed by atoms with Crippen LogP contribution in [0.4, 0.5) is 34.1 Å². The van der Waals surface area contributed by atoms with Crippen LogP contribution in [0.3, 0.4) is 0 Å². The molecule has 0 fully saturated rings. The smallest absolute Gasteiger partial charge is 0.0681 e. The van der Waals surface area contributed by atoms with Crippen molar-refractivity contribution in [3.63, 3.8) is 0 Å². The Morgan fingerprint density at radius 1 is 0.260 bits per heavy atom. The van der Waals surface area contributed by atoms with Gasteiger partial charge in [0.1, 0.15) is 0 Å². The molecule has 0 heterocycles. The van der Waals surface area contributed by atoms with Gasteiger partial charge in [-0.2, -0.15) is 0 Å². The topological polar surface area (TPSA) is 87.4 Å². The van der Waals surface area contributed by atoms with Crippen LogP contribution in [0.2, 0.25) is 0 Å². The Bertz CT molecular complexity index is 1600. The lowest BCUT2D eigenvalue weighted by molar-refractivity contribution is 0.281. The van der Waals surface area contributed by atoms with Crippen LogP contribution in [0.15, 0.2) is 146 Å². The van der Waals surface area contributed by atoms with Crippen LogP contribution in [0.1, 0.15) is 52.0 Å². The van der Waals surface area contributed by atoms with E-state index < -0.39 is 0 Å². The number of anilines is 6. The Labute approximate surface area is 298 Å². The summed E-state index contributed by atoms with van der Waals surface area (Å²) < 4.78 is 0. The predicted molar refractivity (Wildman–Crippen MR) is 212 cm³/mol. The van der Waals surface area contributed by atoms with E-state index in [2.05, 4.69) is 58.3 Å². The monoisotopic (exact) mass is 672 g/mol. The standard InChI is InChI=1S/C40H36N2O4.4CH4/c43-25-29-1-13-35(14-2-29)41(36-15-3-30(26-44)4-16-36)39-21-9-33(10-22-39)34-11-23-40(24-12-34)42(37-17-5-31(27-45)6-18-37)38-19-7-32(28-46)8-20-38;;;;/h1-24,43-46H,25-28H2;4*1H4. The number of rotatable bonds is 11. The lowest BCUT2D eigenvalue weighted by atomic mass is 10.0. The van der Waals surface area contributed by atoms with Gasteiger partial charge in [-0.15, -0.1) is 0 Å². The van der Waals surface area contributed by atoms with Crippen molar-refractivity contribution in [2.45, 2.75) is 56.1 Å². The maximum absolute atomic E-state index is 9.54. The van der Waals surface area contributed by atoms with E-state index in [4.69, 9.17) is 0 Å². The van der Waals surface area contributed by atoms with Crippen molar-refractivity contribution in [2.75, 3.05) is 9.80 Å². The zero-order valence-electron chi connectivity index (χ0n) is 25.4. The molecule has 0 bridgehead atoms. The van der Waals surface area contributed by atoms with E-state index in [1.165, 1.54) is 0 Å². The molecule has 262 valence electrons. The van der Waals surface area contributed by atoms with E-state index >= 15 is 0 Å². The summed E-state index contributed by atoms with van der Waals surface area (Å²) in [7, 11) is 0. The Hall–Kier alpha value is -5.24. The van der Waals surface area contributed by atoms with Crippen molar-refractivity contribution in [3.8, 4) is 11.1 Å². The molecule has 0 saturated heterocycles. The number of aliphatic hydroxyl groups excluding tert-OH is 4. The van der Waals surface area contributed by atoms with Gasteiger partial charge in [-0.3, -0.25) is 0 Å². The zero-order chi connectivity index (χ0) is 31.9. The number of hydrogen-bond donors (Lipinski definition) is 4. The van der Waals surface area contributed by atoms with Crippen LogP contribution in [-0.2, 0) is 26.4 Å². The maximum atomic E-state index is 9.54. The minimum absolute atomic E-state index is 0. The molecule has 0 unspecified atom stereocenters. The molecular weight excluding hydrogens is 620 g/mol. The lowest BCUT2D eigenvalue weighted by Gasteiger charge is -2.26. The molecule has 0 spiro atoms. The van der Waals surface area contributed by atoms with Crippen LogP contribution in [0, 0.1) is 0 Å². The summed E-state index contributed by atoms with van der Waals surface area (Å²) in [6, 6.07) is 48.2. The molecule has 0 amide bonds. The molecule has 0 aliphatic rings. The van der Waals surface area contributed by atoms with Crippen LogP contribution in [-0.4, -0.2) is 20.4 Å². The van der Waals surface area contributed by atoms with Gasteiger partial charge in [-0.25, -0.2) is 0 Å². The highest BCUT2D eigenvalue weighted by Gasteiger charge is 2.15. The van der Waals surface area contributed by atoms with E-state index in [-0.39, 0.29) is 56.1 Å². The Kier molecular flexibility index (Phi) is 15.6.